The van der Waals surface area contributed by atoms with Crippen LogP contribution in [0.4, 0.5) is 13.2 Å². The molecule has 6 heteroatoms. The summed E-state index contributed by atoms with van der Waals surface area (Å²) in [5, 5.41) is 8.21. The fraction of sp³-hybridized carbons (Fsp3) is 0.833. The van der Waals surface area contributed by atoms with Gasteiger partial charge in [0, 0.05) is 6.42 Å². The van der Waals surface area contributed by atoms with Crippen LogP contribution < -0.4 is 5.73 Å². The number of rotatable bonds is 4. The van der Waals surface area contributed by atoms with E-state index in [1.807, 2.05) is 0 Å². The summed E-state index contributed by atoms with van der Waals surface area (Å²) >= 11 is 0. The summed E-state index contributed by atoms with van der Waals surface area (Å²) in [5.74, 6) is -1.27. The predicted octanol–water partition coefficient (Wildman–Crippen LogP) is 1.13. The number of halogens is 3. The number of hydrogen-bond acceptors (Lipinski definition) is 2. The molecule has 1 atom stereocenters. The maximum atomic E-state index is 11.5. The van der Waals surface area contributed by atoms with Crippen LogP contribution in [-0.2, 0) is 4.79 Å². The molecule has 0 aliphatic rings. The molecule has 1 unspecified atom stereocenters. The number of carbonyl (C=O) groups is 1. The quantitative estimate of drug-likeness (QED) is 0.690. The van der Waals surface area contributed by atoms with Gasteiger partial charge in [0.1, 0.15) is 6.04 Å². The van der Waals surface area contributed by atoms with E-state index in [1.54, 1.807) is 0 Å². The fourth-order valence-corrected chi connectivity index (χ4v) is 0.646. The van der Waals surface area contributed by atoms with Crippen LogP contribution in [0.5, 0.6) is 0 Å². The van der Waals surface area contributed by atoms with E-state index in [4.69, 9.17) is 10.8 Å². The van der Waals surface area contributed by atoms with Crippen LogP contribution in [-0.4, -0.2) is 23.3 Å². The van der Waals surface area contributed by atoms with E-state index in [9.17, 15) is 18.0 Å². The Morgan fingerprint density at radius 2 is 2.00 bits per heavy atom. The monoisotopic (exact) mass is 185 g/mol. The second kappa shape index (κ2) is 4.30. The van der Waals surface area contributed by atoms with Gasteiger partial charge >= 0.3 is 12.1 Å². The van der Waals surface area contributed by atoms with Crippen molar-refractivity contribution in [1.82, 2.24) is 0 Å². The summed E-state index contributed by atoms with van der Waals surface area (Å²) in [7, 11) is 0. The van der Waals surface area contributed by atoms with Gasteiger partial charge in [0.05, 0.1) is 0 Å². The van der Waals surface area contributed by atoms with Crippen LogP contribution in [0, 0.1) is 0 Å². The third kappa shape index (κ3) is 5.96. The average molecular weight is 185 g/mol. The molecule has 72 valence electrons. The molecule has 0 aliphatic heterocycles. The lowest BCUT2D eigenvalue weighted by Gasteiger charge is -2.07. The highest BCUT2D eigenvalue weighted by atomic mass is 19.4. The molecule has 0 aliphatic carbocycles. The highest BCUT2D eigenvalue weighted by molar-refractivity contribution is 5.72. The molecule has 0 fully saturated rings. The Morgan fingerprint density at radius 3 is 2.33 bits per heavy atom. The lowest BCUT2D eigenvalue weighted by Crippen LogP contribution is -2.30. The molecule has 0 amide bonds. The Kier molecular flexibility index (Phi) is 4.02. The van der Waals surface area contributed by atoms with Gasteiger partial charge < -0.3 is 10.8 Å². The Balaban J connectivity index is 3.51. The van der Waals surface area contributed by atoms with Crippen molar-refractivity contribution in [2.75, 3.05) is 0 Å². The molecule has 0 aromatic carbocycles. The summed E-state index contributed by atoms with van der Waals surface area (Å²) < 4.78 is 34.6. The van der Waals surface area contributed by atoms with Gasteiger partial charge in [-0.15, -0.1) is 0 Å². The largest absolute Gasteiger partial charge is 0.480 e. The maximum Gasteiger partial charge on any atom is 0.389 e. The summed E-state index contributed by atoms with van der Waals surface area (Å²) in [6.07, 6.45) is -5.59. The standard InChI is InChI=1S/C6H10F3NO2/c7-6(8,9)3-1-2-4(10)5(11)12/h4H,1-3,10H2,(H,11,12). The van der Waals surface area contributed by atoms with Gasteiger partial charge in [0.15, 0.2) is 0 Å². The van der Waals surface area contributed by atoms with Gasteiger partial charge in [0.2, 0.25) is 0 Å². The van der Waals surface area contributed by atoms with Crippen molar-refractivity contribution < 1.29 is 23.1 Å². The normalized spacial score (nSPS) is 14.3. The van der Waals surface area contributed by atoms with E-state index in [0.717, 1.165) is 0 Å². The molecule has 0 aromatic rings. The fourth-order valence-electron chi connectivity index (χ4n) is 0.646. The molecule has 0 bridgehead atoms. The molecule has 12 heavy (non-hydrogen) atoms. The molecule has 3 N–H and O–H groups in total. The van der Waals surface area contributed by atoms with Crippen LogP contribution >= 0.6 is 0 Å². The van der Waals surface area contributed by atoms with Crippen molar-refractivity contribution in [1.29, 1.82) is 0 Å². The Morgan fingerprint density at radius 1 is 1.50 bits per heavy atom. The number of carboxylic acid groups (broad SMARTS) is 1. The number of aliphatic carboxylic acids is 1. The summed E-state index contributed by atoms with van der Waals surface area (Å²) in [4.78, 5) is 10.0. The van der Waals surface area contributed by atoms with Crippen LogP contribution in [0.15, 0.2) is 0 Å². The smallest absolute Gasteiger partial charge is 0.389 e. The lowest BCUT2D eigenvalue weighted by molar-refractivity contribution is -0.142. The maximum absolute atomic E-state index is 11.5. The van der Waals surface area contributed by atoms with Gasteiger partial charge in [-0.2, -0.15) is 13.2 Å². The summed E-state index contributed by atoms with van der Waals surface area (Å²) in [5.41, 5.74) is 4.98. The molecule has 0 radical (unpaired) electrons. The first-order chi connectivity index (χ1) is 5.33. The zero-order chi connectivity index (χ0) is 9.78. The number of alkyl halides is 3. The first kappa shape index (κ1) is 11.2. The first-order valence-corrected chi connectivity index (χ1v) is 3.38. The van der Waals surface area contributed by atoms with Crippen LogP contribution in [0.25, 0.3) is 0 Å². The number of nitrogens with two attached hydrogens (primary N) is 1. The molecular weight excluding hydrogens is 175 g/mol. The van der Waals surface area contributed by atoms with Crippen LogP contribution in [0.1, 0.15) is 19.3 Å². The zero-order valence-corrected chi connectivity index (χ0v) is 6.27. The van der Waals surface area contributed by atoms with Crippen molar-refractivity contribution in [2.45, 2.75) is 31.5 Å². The summed E-state index contributed by atoms with van der Waals surface area (Å²) in [6, 6.07) is -1.19. The molecule has 3 nitrogen and oxygen atoms in total. The molecule has 0 spiro atoms. The van der Waals surface area contributed by atoms with Gasteiger partial charge in [-0.05, 0) is 12.8 Å². The first-order valence-electron chi connectivity index (χ1n) is 3.38. The molecule has 0 rings (SSSR count). The van der Waals surface area contributed by atoms with Crippen molar-refractivity contribution in [3.8, 4) is 0 Å². The molecular formula is C6H10F3NO2. The summed E-state index contributed by atoms with van der Waals surface area (Å²) in [6.45, 7) is 0. The van der Waals surface area contributed by atoms with E-state index in [-0.39, 0.29) is 12.8 Å². The minimum Gasteiger partial charge on any atom is -0.480 e. The van der Waals surface area contributed by atoms with Crippen molar-refractivity contribution in [3.05, 3.63) is 0 Å². The van der Waals surface area contributed by atoms with Gasteiger partial charge in [-0.1, -0.05) is 0 Å². The molecule has 0 aromatic heterocycles. The number of hydrogen-bond donors (Lipinski definition) is 2. The topological polar surface area (TPSA) is 63.3 Å². The van der Waals surface area contributed by atoms with E-state index in [0.29, 0.717) is 0 Å². The Bertz CT molecular complexity index is 157. The van der Waals surface area contributed by atoms with E-state index >= 15 is 0 Å². The van der Waals surface area contributed by atoms with Crippen LogP contribution in [0.3, 0.4) is 0 Å². The second-order valence-electron chi connectivity index (χ2n) is 2.45. The average Bonchev–Trinajstić information content (AvgIpc) is 1.84. The van der Waals surface area contributed by atoms with Gasteiger partial charge in [-0.3, -0.25) is 4.79 Å². The predicted molar refractivity (Wildman–Crippen MR) is 35.5 cm³/mol. The zero-order valence-electron chi connectivity index (χ0n) is 6.27. The number of carboxylic acids is 1. The lowest BCUT2D eigenvalue weighted by atomic mass is 10.1. The Hall–Kier alpha value is -0.780. The second-order valence-corrected chi connectivity index (χ2v) is 2.45. The van der Waals surface area contributed by atoms with E-state index in [1.165, 1.54) is 0 Å². The molecule has 0 heterocycles. The Labute approximate surface area is 67.4 Å². The highest BCUT2D eigenvalue weighted by Gasteiger charge is 2.26. The van der Waals surface area contributed by atoms with E-state index < -0.39 is 24.6 Å². The minimum absolute atomic E-state index is 0.144. The SMILES string of the molecule is NC(CCCC(F)(F)F)C(=O)O. The third-order valence-electron chi connectivity index (χ3n) is 1.29. The van der Waals surface area contributed by atoms with E-state index in [2.05, 4.69) is 0 Å². The van der Waals surface area contributed by atoms with Gasteiger partial charge in [0.25, 0.3) is 0 Å². The van der Waals surface area contributed by atoms with Crippen molar-refractivity contribution in [3.63, 3.8) is 0 Å². The molecule has 0 saturated heterocycles. The minimum atomic E-state index is -4.22. The highest BCUT2D eigenvalue weighted by Crippen LogP contribution is 2.22. The third-order valence-corrected chi connectivity index (χ3v) is 1.29. The van der Waals surface area contributed by atoms with Crippen LogP contribution in [0.2, 0.25) is 0 Å². The van der Waals surface area contributed by atoms with Gasteiger partial charge in [-0.25, -0.2) is 0 Å². The van der Waals surface area contributed by atoms with Crippen molar-refractivity contribution in [2.24, 2.45) is 5.73 Å². The molecule has 0 saturated carbocycles. The van der Waals surface area contributed by atoms with Crippen molar-refractivity contribution >= 4 is 5.97 Å².